The summed E-state index contributed by atoms with van der Waals surface area (Å²) in [6.45, 7) is 2.27. The molecule has 0 N–H and O–H groups in total. The van der Waals surface area contributed by atoms with E-state index >= 15 is 0 Å². The number of hydrogen-bond donors (Lipinski definition) is 0. The fourth-order valence-corrected chi connectivity index (χ4v) is 1.60. The van der Waals surface area contributed by atoms with Crippen molar-refractivity contribution in [2.24, 2.45) is 0 Å². The minimum absolute atomic E-state index is 0.363. The second kappa shape index (κ2) is 4.35. The normalized spacial score (nSPS) is 19.3. The van der Waals surface area contributed by atoms with Gasteiger partial charge in [0.15, 0.2) is 12.4 Å². The van der Waals surface area contributed by atoms with Crippen LogP contribution in [0.5, 0.6) is 5.75 Å². The number of ether oxygens (including phenoxy) is 2. The number of rotatable bonds is 3. The Kier molecular flexibility index (Phi) is 2.90. The van der Waals surface area contributed by atoms with E-state index in [4.69, 9.17) is 9.47 Å². The van der Waals surface area contributed by atoms with Crippen molar-refractivity contribution in [1.29, 1.82) is 0 Å². The van der Waals surface area contributed by atoms with Gasteiger partial charge >= 0.3 is 5.97 Å². The number of cyclic esters (lactones) is 1. The predicted molar refractivity (Wildman–Crippen MR) is 56.6 cm³/mol. The first-order chi connectivity index (χ1) is 7.70. The second-order valence-electron chi connectivity index (χ2n) is 3.72. The molecule has 1 atom stereocenters. The lowest BCUT2D eigenvalue weighted by Crippen LogP contribution is -2.22. The third-order valence-electron chi connectivity index (χ3n) is 2.45. The number of aldehydes is 1. The van der Waals surface area contributed by atoms with Crippen molar-refractivity contribution >= 4 is 12.3 Å². The number of carbonyl (C=O) groups excluding carboxylic acids is 2. The highest BCUT2D eigenvalue weighted by atomic mass is 16.6. The molecule has 1 aromatic carbocycles. The fourth-order valence-electron chi connectivity index (χ4n) is 1.60. The number of hydrogen-bond acceptors (Lipinski definition) is 4. The predicted octanol–water partition coefficient (Wildman–Crippen LogP) is 1.50. The van der Waals surface area contributed by atoms with Crippen LogP contribution in [-0.2, 0) is 9.53 Å². The summed E-state index contributed by atoms with van der Waals surface area (Å²) in [5.74, 6) is 0.0712. The third kappa shape index (κ3) is 2.05. The topological polar surface area (TPSA) is 52.6 Å². The van der Waals surface area contributed by atoms with Crippen molar-refractivity contribution in [3.63, 3.8) is 0 Å². The molecule has 1 heterocycles. The summed E-state index contributed by atoms with van der Waals surface area (Å²) < 4.78 is 10.2. The van der Waals surface area contributed by atoms with Crippen molar-refractivity contribution in [3.05, 3.63) is 29.3 Å². The Morgan fingerprint density at radius 2 is 2.31 bits per heavy atom. The number of carbonyl (C=O) groups is 2. The Morgan fingerprint density at radius 1 is 1.50 bits per heavy atom. The lowest BCUT2D eigenvalue weighted by atomic mass is 10.1. The Morgan fingerprint density at radius 3 is 2.94 bits per heavy atom. The molecule has 1 aliphatic heterocycles. The first-order valence-corrected chi connectivity index (χ1v) is 5.10. The zero-order valence-corrected chi connectivity index (χ0v) is 8.93. The van der Waals surface area contributed by atoms with E-state index in [2.05, 4.69) is 0 Å². The fraction of sp³-hybridized carbons (Fsp3) is 0.333. The molecule has 1 unspecified atom stereocenters. The van der Waals surface area contributed by atoms with Crippen molar-refractivity contribution in [2.75, 3.05) is 6.61 Å². The molecule has 0 radical (unpaired) electrons. The van der Waals surface area contributed by atoms with Crippen LogP contribution in [0.15, 0.2) is 18.2 Å². The quantitative estimate of drug-likeness (QED) is 0.572. The van der Waals surface area contributed by atoms with Gasteiger partial charge in [0, 0.05) is 6.42 Å². The van der Waals surface area contributed by atoms with Gasteiger partial charge in [-0.05, 0) is 19.1 Å². The van der Waals surface area contributed by atoms with Gasteiger partial charge in [0.1, 0.15) is 5.75 Å². The van der Waals surface area contributed by atoms with Crippen LogP contribution >= 0.6 is 0 Å². The van der Waals surface area contributed by atoms with Crippen LogP contribution < -0.4 is 4.74 Å². The van der Waals surface area contributed by atoms with Crippen molar-refractivity contribution in [2.45, 2.75) is 19.4 Å². The molecule has 0 aliphatic carbocycles. The molecule has 0 bridgehead atoms. The summed E-state index contributed by atoms with van der Waals surface area (Å²) in [6, 6.07) is 5.26. The van der Waals surface area contributed by atoms with Crippen LogP contribution in [0.1, 0.15) is 22.3 Å². The minimum Gasteiger partial charge on any atom is -0.478 e. The SMILES string of the molecule is Cc1ccc(OC2CCOC2=O)c(C=O)c1. The molecule has 1 aromatic rings. The van der Waals surface area contributed by atoms with Gasteiger partial charge in [0.25, 0.3) is 0 Å². The van der Waals surface area contributed by atoms with Crippen molar-refractivity contribution < 1.29 is 19.1 Å². The maximum absolute atomic E-state index is 11.2. The molecule has 2 rings (SSSR count). The molecule has 84 valence electrons. The van der Waals surface area contributed by atoms with Crippen LogP contribution in [0.3, 0.4) is 0 Å². The molecular formula is C12H12O4. The summed E-state index contributed by atoms with van der Waals surface area (Å²) in [6.07, 6.45) is 0.676. The minimum atomic E-state index is -0.582. The molecule has 16 heavy (non-hydrogen) atoms. The number of benzene rings is 1. The number of esters is 1. The molecule has 1 saturated heterocycles. The second-order valence-corrected chi connectivity index (χ2v) is 3.72. The maximum Gasteiger partial charge on any atom is 0.347 e. The first kappa shape index (κ1) is 10.7. The van der Waals surface area contributed by atoms with Crippen molar-refractivity contribution in [1.82, 2.24) is 0 Å². The highest BCUT2D eigenvalue weighted by molar-refractivity contribution is 5.81. The highest BCUT2D eigenvalue weighted by Gasteiger charge is 2.28. The summed E-state index contributed by atoms with van der Waals surface area (Å²) >= 11 is 0. The van der Waals surface area contributed by atoms with Gasteiger partial charge < -0.3 is 9.47 Å². The molecule has 0 saturated carbocycles. The van der Waals surface area contributed by atoms with E-state index in [1.54, 1.807) is 12.1 Å². The zero-order valence-electron chi connectivity index (χ0n) is 8.93. The Balaban J connectivity index is 2.20. The Bertz CT molecular complexity index is 425. The lowest BCUT2D eigenvalue weighted by Gasteiger charge is -2.11. The zero-order chi connectivity index (χ0) is 11.5. The molecular weight excluding hydrogens is 208 g/mol. The van der Waals surface area contributed by atoms with E-state index in [-0.39, 0.29) is 5.97 Å². The smallest absolute Gasteiger partial charge is 0.347 e. The average Bonchev–Trinajstić information content (AvgIpc) is 2.67. The molecule has 4 nitrogen and oxygen atoms in total. The van der Waals surface area contributed by atoms with Gasteiger partial charge in [0.05, 0.1) is 12.2 Å². The van der Waals surface area contributed by atoms with Crippen LogP contribution in [0.25, 0.3) is 0 Å². The summed E-state index contributed by atoms with van der Waals surface area (Å²) in [7, 11) is 0. The Labute approximate surface area is 93.2 Å². The monoisotopic (exact) mass is 220 g/mol. The van der Waals surface area contributed by atoms with E-state index in [9.17, 15) is 9.59 Å². The van der Waals surface area contributed by atoms with Crippen LogP contribution in [0.4, 0.5) is 0 Å². The summed E-state index contributed by atoms with van der Waals surface area (Å²) in [5.41, 5.74) is 1.43. The van der Waals surface area contributed by atoms with Crippen LogP contribution in [0.2, 0.25) is 0 Å². The van der Waals surface area contributed by atoms with E-state index in [1.165, 1.54) is 0 Å². The standard InChI is InChI=1S/C12H12O4/c1-8-2-3-10(9(6-8)7-13)16-11-4-5-15-12(11)14/h2-3,6-7,11H,4-5H2,1H3. The summed E-state index contributed by atoms with van der Waals surface area (Å²) in [4.78, 5) is 22.0. The summed E-state index contributed by atoms with van der Waals surface area (Å²) in [5, 5.41) is 0. The van der Waals surface area contributed by atoms with Crippen LogP contribution in [0, 0.1) is 6.92 Å². The molecule has 0 spiro atoms. The van der Waals surface area contributed by atoms with E-state index < -0.39 is 6.10 Å². The largest absolute Gasteiger partial charge is 0.478 e. The molecule has 1 aliphatic rings. The van der Waals surface area contributed by atoms with Gasteiger partial charge in [-0.15, -0.1) is 0 Å². The van der Waals surface area contributed by atoms with Crippen molar-refractivity contribution in [3.8, 4) is 5.75 Å². The van der Waals surface area contributed by atoms with Gasteiger partial charge in [-0.25, -0.2) is 4.79 Å². The van der Waals surface area contributed by atoms with Gasteiger partial charge in [-0.2, -0.15) is 0 Å². The lowest BCUT2D eigenvalue weighted by molar-refractivity contribution is -0.143. The average molecular weight is 220 g/mol. The molecule has 4 heteroatoms. The molecule has 0 amide bonds. The van der Waals surface area contributed by atoms with Gasteiger partial charge in [-0.1, -0.05) is 11.6 Å². The maximum atomic E-state index is 11.2. The molecule has 0 aromatic heterocycles. The molecule has 1 fully saturated rings. The van der Waals surface area contributed by atoms with Crippen LogP contribution in [-0.4, -0.2) is 25.0 Å². The van der Waals surface area contributed by atoms with E-state index in [0.717, 1.165) is 11.8 Å². The highest BCUT2D eigenvalue weighted by Crippen LogP contribution is 2.22. The third-order valence-corrected chi connectivity index (χ3v) is 2.45. The van der Waals surface area contributed by atoms with Gasteiger partial charge in [0.2, 0.25) is 0 Å². The van der Waals surface area contributed by atoms with Gasteiger partial charge in [-0.3, -0.25) is 4.79 Å². The number of aryl methyl sites for hydroxylation is 1. The Hall–Kier alpha value is -1.84. The van der Waals surface area contributed by atoms with E-state index in [0.29, 0.717) is 24.3 Å². The first-order valence-electron chi connectivity index (χ1n) is 5.10. The van der Waals surface area contributed by atoms with E-state index in [1.807, 2.05) is 13.0 Å².